The monoisotopic (exact) mass is 478 g/mol. The lowest BCUT2D eigenvalue weighted by molar-refractivity contribution is -0.145. The van der Waals surface area contributed by atoms with Crippen LogP contribution in [0.15, 0.2) is 48.5 Å². The van der Waals surface area contributed by atoms with Crippen molar-refractivity contribution in [3.8, 4) is 11.1 Å². The lowest BCUT2D eigenvalue weighted by atomic mass is 9.79. The Kier molecular flexibility index (Phi) is 6.72. The number of alkyl carbamates (subject to hydrolysis) is 1. The van der Waals surface area contributed by atoms with Crippen LogP contribution in [0.4, 0.5) is 4.79 Å². The minimum Gasteiger partial charge on any atom is -0.480 e. The van der Waals surface area contributed by atoms with Crippen molar-refractivity contribution in [1.82, 2.24) is 10.6 Å². The van der Waals surface area contributed by atoms with Crippen LogP contribution in [0.5, 0.6) is 0 Å². The van der Waals surface area contributed by atoms with E-state index in [1.165, 1.54) is 11.1 Å². The van der Waals surface area contributed by atoms with Gasteiger partial charge in [-0.25, -0.2) is 9.59 Å². The van der Waals surface area contributed by atoms with E-state index in [9.17, 15) is 19.5 Å². The van der Waals surface area contributed by atoms with Crippen molar-refractivity contribution in [3.05, 3.63) is 59.7 Å². The molecular formula is C27H30N2O6. The van der Waals surface area contributed by atoms with Gasteiger partial charge in [-0.1, -0.05) is 55.0 Å². The van der Waals surface area contributed by atoms with Crippen LogP contribution in [0.3, 0.4) is 0 Å². The van der Waals surface area contributed by atoms with E-state index < -0.39 is 24.0 Å². The molecule has 2 aromatic carbocycles. The molecule has 1 saturated heterocycles. The second-order valence-electron chi connectivity index (χ2n) is 9.61. The smallest absolute Gasteiger partial charge is 0.407 e. The number of carboxylic acid groups (broad SMARTS) is 1. The SMILES string of the molecule is O=C(NCC1CC(C(=O)NC(C(=O)O)C2CCC2)CO1)OCC1c2ccccc2-c2ccccc21. The van der Waals surface area contributed by atoms with Gasteiger partial charge in [0.2, 0.25) is 5.91 Å². The minimum atomic E-state index is -0.990. The van der Waals surface area contributed by atoms with Crippen LogP contribution >= 0.6 is 0 Å². The van der Waals surface area contributed by atoms with E-state index in [2.05, 4.69) is 34.9 Å². The van der Waals surface area contributed by atoms with Gasteiger partial charge in [0, 0.05) is 12.5 Å². The van der Waals surface area contributed by atoms with Gasteiger partial charge in [-0.15, -0.1) is 0 Å². The second-order valence-corrected chi connectivity index (χ2v) is 9.61. The molecule has 1 aliphatic heterocycles. The predicted octanol–water partition coefficient (Wildman–Crippen LogP) is 3.30. The number of hydrogen-bond donors (Lipinski definition) is 3. The highest BCUT2D eigenvalue weighted by molar-refractivity contribution is 5.85. The summed E-state index contributed by atoms with van der Waals surface area (Å²) < 4.78 is 11.2. The Morgan fingerprint density at radius 2 is 1.69 bits per heavy atom. The number of rotatable bonds is 8. The summed E-state index contributed by atoms with van der Waals surface area (Å²) in [6.07, 6.45) is 2.22. The van der Waals surface area contributed by atoms with Crippen LogP contribution in [-0.4, -0.2) is 55.0 Å². The van der Waals surface area contributed by atoms with E-state index in [0.717, 1.165) is 30.4 Å². The lowest BCUT2D eigenvalue weighted by Crippen LogP contribution is -2.50. The van der Waals surface area contributed by atoms with Gasteiger partial charge in [-0.3, -0.25) is 4.79 Å². The Balaban J connectivity index is 1.08. The van der Waals surface area contributed by atoms with Crippen molar-refractivity contribution < 1.29 is 29.0 Å². The topological polar surface area (TPSA) is 114 Å². The Bertz CT molecular complexity index is 1070. The summed E-state index contributed by atoms with van der Waals surface area (Å²) in [5, 5.41) is 14.9. The molecule has 1 saturated carbocycles. The molecule has 0 aromatic heterocycles. The molecule has 3 aliphatic rings. The molecule has 2 aliphatic carbocycles. The molecule has 5 rings (SSSR count). The predicted molar refractivity (Wildman–Crippen MR) is 128 cm³/mol. The van der Waals surface area contributed by atoms with Crippen molar-refractivity contribution in [2.24, 2.45) is 11.8 Å². The molecule has 35 heavy (non-hydrogen) atoms. The normalized spacial score (nSPS) is 21.9. The van der Waals surface area contributed by atoms with E-state index in [4.69, 9.17) is 9.47 Å². The number of aliphatic carboxylic acids is 1. The Hall–Kier alpha value is -3.39. The Labute approximate surface area is 204 Å². The zero-order valence-corrected chi connectivity index (χ0v) is 19.4. The first-order valence-electron chi connectivity index (χ1n) is 12.2. The van der Waals surface area contributed by atoms with E-state index in [1.807, 2.05) is 24.3 Å². The highest BCUT2D eigenvalue weighted by atomic mass is 16.5. The molecule has 3 atom stereocenters. The molecule has 8 nitrogen and oxygen atoms in total. The standard InChI is InChI=1S/C27H30N2O6/c30-25(29-24(26(31)32)16-6-5-7-16)17-12-18(34-14-17)13-28-27(33)35-15-23-21-10-3-1-8-19(21)20-9-2-4-11-22(20)23/h1-4,8-11,16-18,23-24H,5-7,12-15H2,(H,28,33)(H,29,30)(H,31,32). The fourth-order valence-corrected chi connectivity index (χ4v) is 5.30. The zero-order chi connectivity index (χ0) is 24.4. The second kappa shape index (κ2) is 10.1. The highest BCUT2D eigenvalue weighted by Gasteiger charge is 2.37. The van der Waals surface area contributed by atoms with Gasteiger partial charge in [0.1, 0.15) is 12.6 Å². The van der Waals surface area contributed by atoms with Gasteiger partial charge >= 0.3 is 12.1 Å². The summed E-state index contributed by atoms with van der Waals surface area (Å²) in [5.74, 6) is -1.72. The molecule has 1 heterocycles. The molecule has 2 aromatic rings. The molecule has 0 bridgehead atoms. The van der Waals surface area contributed by atoms with Crippen LogP contribution in [0.25, 0.3) is 11.1 Å². The van der Waals surface area contributed by atoms with Crippen molar-refractivity contribution in [2.45, 2.75) is 43.7 Å². The quantitative estimate of drug-likeness (QED) is 0.537. The average molecular weight is 479 g/mol. The number of hydrogen-bond acceptors (Lipinski definition) is 5. The summed E-state index contributed by atoms with van der Waals surface area (Å²) in [4.78, 5) is 36.5. The number of amides is 2. The van der Waals surface area contributed by atoms with E-state index in [-0.39, 0.29) is 43.6 Å². The van der Waals surface area contributed by atoms with Crippen LogP contribution in [0.2, 0.25) is 0 Å². The van der Waals surface area contributed by atoms with Gasteiger partial charge in [0.25, 0.3) is 0 Å². The first-order chi connectivity index (χ1) is 17.0. The van der Waals surface area contributed by atoms with Crippen LogP contribution in [0.1, 0.15) is 42.7 Å². The van der Waals surface area contributed by atoms with Gasteiger partial charge < -0.3 is 25.2 Å². The molecule has 2 amide bonds. The van der Waals surface area contributed by atoms with E-state index in [1.54, 1.807) is 0 Å². The maximum Gasteiger partial charge on any atom is 0.407 e. The Morgan fingerprint density at radius 1 is 1.03 bits per heavy atom. The molecule has 3 unspecified atom stereocenters. The first-order valence-corrected chi connectivity index (χ1v) is 12.2. The number of benzene rings is 2. The lowest BCUT2D eigenvalue weighted by Gasteiger charge is -2.32. The summed E-state index contributed by atoms with van der Waals surface area (Å²) in [7, 11) is 0. The maximum absolute atomic E-state index is 12.6. The summed E-state index contributed by atoms with van der Waals surface area (Å²) in [6.45, 7) is 0.666. The molecule has 3 N–H and O–H groups in total. The van der Waals surface area contributed by atoms with Crippen LogP contribution < -0.4 is 10.6 Å². The van der Waals surface area contributed by atoms with Crippen molar-refractivity contribution in [3.63, 3.8) is 0 Å². The van der Waals surface area contributed by atoms with E-state index >= 15 is 0 Å². The Morgan fingerprint density at radius 3 is 2.29 bits per heavy atom. The minimum absolute atomic E-state index is 0.00445. The molecule has 8 heteroatoms. The van der Waals surface area contributed by atoms with Crippen LogP contribution in [0, 0.1) is 11.8 Å². The fraction of sp³-hybridized carbons (Fsp3) is 0.444. The van der Waals surface area contributed by atoms with Crippen molar-refractivity contribution >= 4 is 18.0 Å². The van der Waals surface area contributed by atoms with Crippen molar-refractivity contribution in [2.75, 3.05) is 19.8 Å². The molecular weight excluding hydrogens is 448 g/mol. The van der Waals surface area contributed by atoms with Gasteiger partial charge in [-0.2, -0.15) is 0 Å². The number of carbonyl (C=O) groups is 3. The van der Waals surface area contributed by atoms with Gasteiger partial charge in [-0.05, 0) is 47.4 Å². The fourth-order valence-electron chi connectivity index (χ4n) is 5.30. The number of nitrogens with one attached hydrogen (secondary N) is 2. The molecule has 2 fully saturated rings. The highest BCUT2D eigenvalue weighted by Crippen LogP contribution is 2.44. The number of carboxylic acids is 1. The van der Waals surface area contributed by atoms with Gasteiger partial charge in [0.05, 0.1) is 18.6 Å². The third-order valence-corrected chi connectivity index (χ3v) is 7.45. The zero-order valence-electron chi connectivity index (χ0n) is 19.4. The summed E-state index contributed by atoms with van der Waals surface area (Å²) in [5.41, 5.74) is 4.64. The number of fused-ring (bicyclic) bond motifs is 3. The number of ether oxygens (including phenoxy) is 2. The van der Waals surface area contributed by atoms with Gasteiger partial charge in [0.15, 0.2) is 0 Å². The van der Waals surface area contributed by atoms with Crippen LogP contribution in [-0.2, 0) is 19.1 Å². The van der Waals surface area contributed by atoms with Crippen molar-refractivity contribution in [1.29, 1.82) is 0 Å². The summed E-state index contributed by atoms with van der Waals surface area (Å²) >= 11 is 0. The molecule has 0 radical (unpaired) electrons. The summed E-state index contributed by atoms with van der Waals surface area (Å²) in [6, 6.07) is 15.5. The van der Waals surface area contributed by atoms with E-state index in [0.29, 0.717) is 6.42 Å². The third-order valence-electron chi connectivity index (χ3n) is 7.45. The average Bonchev–Trinajstić information content (AvgIpc) is 3.43. The third kappa shape index (κ3) is 4.89. The maximum atomic E-state index is 12.6. The first kappa shape index (κ1) is 23.4. The molecule has 184 valence electrons. The molecule has 0 spiro atoms. The largest absolute Gasteiger partial charge is 0.480 e. The number of carbonyl (C=O) groups excluding carboxylic acids is 2.